The van der Waals surface area contributed by atoms with E-state index in [0.717, 1.165) is 17.6 Å². The van der Waals surface area contributed by atoms with Crippen LogP contribution in [0.25, 0.3) is 11.0 Å². The highest BCUT2D eigenvalue weighted by molar-refractivity contribution is 5.74. The van der Waals surface area contributed by atoms with Gasteiger partial charge >= 0.3 is 0 Å². The monoisotopic (exact) mass is 218 g/mol. The first-order chi connectivity index (χ1) is 7.70. The molecule has 3 N–H and O–H groups in total. The number of likely N-dealkylation sites (N-methyl/N-ethyl adjacent to an activating group) is 1. The number of imidazole rings is 1. The molecule has 1 aromatic carbocycles. The van der Waals surface area contributed by atoms with Gasteiger partial charge in [-0.2, -0.15) is 0 Å². The van der Waals surface area contributed by atoms with Crippen LogP contribution < -0.4 is 5.73 Å². The molecule has 0 aliphatic heterocycles. The van der Waals surface area contributed by atoms with E-state index in [9.17, 15) is 0 Å². The first kappa shape index (κ1) is 11.1. The molecule has 0 saturated carbocycles. The van der Waals surface area contributed by atoms with E-state index in [0.29, 0.717) is 12.6 Å². The Morgan fingerprint density at radius 2 is 2.31 bits per heavy atom. The summed E-state index contributed by atoms with van der Waals surface area (Å²) in [5.74, 6) is 0. The zero-order valence-electron chi connectivity index (χ0n) is 9.77. The molecule has 1 unspecified atom stereocenters. The standard InChI is InChI=1S/C12H18N4/c1-9(6-13)16(2)7-10-3-4-11-12(5-10)15-8-14-11/h3-5,8-9H,6-7,13H2,1-2H3,(H,14,15). The van der Waals surface area contributed by atoms with Crippen molar-refractivity contribution >= 4 is 11.0 Å². The van der Waals surface area contributed by atoms with E-state index in [4.69, 9.17) is 5.73 Å². The minimum Gasteiger partial charge on any atom is -0.345 e. The lowest BCUT2D eigenvalue weighted by Crippen LogP contribution is -2.34. The van der Waals surface area contributed by atoms with E-state index in [1.54, 1.807) is 6.33 Å². The summed E-state index contributed by atoms with van der Waals surface area (Å²) in [5, 5.41) is 0. The molecule has 2 aromatic rings. The van der Waals surface area contributed by atoms with Gasteiger partial charge in [0.1, 0.15) is 0 Å². The molecule has 4 nitrogen and oxygen atoms in total. The van der Waals surface area contributed by atoms with Gasteiger partial charge in [-0.05, 0) is 31.7 Å². The smallest absolute Gasteiger partial charge is 0.0931 e. The molecule has 0 amide bonds. The number of nitrogens with two attached hydrogens (primary N) is 1. The second kappa shape index (κ2) is 4.63. The number of hydrogen-bond acceptors (Lipinski definition) is 3. The molecule has 1 heterocycles. The van der Waals surface area contributed by atoms with Crippen molar-refractivity contribution in [2.45, 2.75) is 19.5 Å². The summed E-state index contributed by atoms with van der Waals surface area (Å²) < 4.78 is 0. The van der Waals surface area contributed by atoms with E-state index in [2.05, 4.69) is 41.0 Å². The normalized spacial score (nSPS) is 13.5. The van der Waals surface area contributed by atoms with Crippen LogP contribution in [-0.2, 0) is 6.54 Å². The average Bonchev–Trinajstić information content (AvgIpc) is 2.75. The molecule has 1 aromatic heterocycles. The lowest BCUT2D eigenvalue weighted by Gasteiger charge is -2.23. The molecule has 0 aliphatic carbocycles. The predicted octanol–water partition coefficient (Wildman–Crippen LogP) is 1.34. The van der Waals surface area contributed by atoms with Crippen LogP contribution in [0.15, 0.2) is 24.5 Å². The van der Waals surface area contributed by atoms with Crippen LogP contribution in [0.2, 0.25) is 0 Å². The van der Waals surface area contributed by atoms with Crippen LogP contribution in [0, 0.1) is 0 Å². The highest BCUT2D eigenvalue weighted by atomic mass is 15.1. The quantitative estimate of drug-likeness (QED) is 0.814. The van der Waals surface area contributed by atoms with E-state index < -0.39 is 0 Å². The maximum absolute atomic E-state index is 5.64. The maximum atomic E-state index is 5.64. The van der Waals surface area contributed by atoms with Gasteiger partial charge < -0.3 is 10.7 Å². The molecule has 0 fully saturated rings. The van der Waals surface area contributed by atoms with Crippen molar-refractivity contribution in [2.75, 3.05) is 13.6 Å². The predicted molar refractivity (Wildman–Crippen MR) is 66.1 cm³/mol. The zero-order valence-corrected chi connectivity index (χ0v) is 9.77. The van der Waals surface area contributed by atoms with Gasteiger partial charge in [0.05, 0.1) is 17.4 Å². The molecule has 0 spiro atoms. The summed E-state index contributed by atoms with van der Waals surface area (Å²) in [6.45, 7) is 3.73. The van der Waals surface area contributed by atoms with Crippen molar-refractivity contribution in [1.29, 1.82) is 0 Å². The third-order valence-electron chi connectivity index (χ3n) is 3.01. The van der Waals surface area contributed by atoms with Gasteiger partial charge in [-0.3, -0.25) is 4.90 Å². The van der Waals surface area contributed by atoms with Gasteiger partial charge in [0.2, 0.25) is 0 Å². The van der Waals surface area contributed by atoms with Crippen molar-refractivity contribution in [3.63, 3.8) is 0 Å². The Labute approximate surface area is 95.5 Å². The van der Waals surface area contributed by atoms with E-state index in [-0.39, 0.29) is 0 Å². The van der Waals surface area contributed by atoms with Gasteiger partial charge in [0, 0.05) is 19.1 Å². The van der Waals surface area contributed by atoms with Crippen molar-refractivity contribution in [1.82, 2.24) is 14.9 Å². The van der Waals surface area contributed by atoms with Gasteiger partial charge in [-0.15, -0.1) is 0 Å². The molecule has 1 atom stereocenters. The van der Waals surface area contributed by atoms with Crippen molar-refractivity contribution in [2.24, 2.45) is 5.73 Å². The van der Waals surface area contributed by atoms with Crippen LogP contribution in [0.1, 0.15) is 12.5 Å². The molecule has 0 bridgehead atoms. The van der Waals surface area contributed by atoms with Crippen molar-refractivity contribution < 1.29 is 0 Å². The number of aromatic nitrogens is 2. The van der Waals surface area contributed by atoms with Crippen LogP contribution in [-0.4, -0.2) is 34.5 Å². The van der Waals surface area contributed by atoms with Crippen LogP contribution >= 0.6 is 0 Å². The minimum atomic E-state index is 0.400. The summed E-state index contributed by atoms with van der Waals surface area (Å²) in [6.07, 6.45) is 1.72. The Bertz CT molecular complexity index is 463. The molecular formula is C12H18N4. The number of benzene rings is 1. The molecule has 0 aliphatic rings. The Morgan fingerprint density at radius 3 is 3.06 bits per heavy atom. The number of fused-ring (bicyclic) bond motifs is 1. The molecule has 16 heavy (non-hydrogen) atoms. The van der Waals surface area contributed by atoms with Crippen molar-refractivity contribution in [3.8, 4) is 0 Å². The second-order valence-electron chi connectivity index (χ2n) is 4.25. The number of hydrogen-bond donors (Lipinski definition) is 2. The fraction of sp³-hybridized carbons (Fsp3) is 0.417. The third-order valence-corrected chi connectivity index (χ3v) is 3.01. The summed E-state index contributed by atoms with van der Waals surface area (Å²) in [5.41, 5.74) is 9.02. The highest BCUT2D eigenvalue weighted by Gasteiger charge is 2.08. The fourth-order valence-electron chi connectivity index (χ4n) is 1.70. The van der Waals surface area contributed by atoms with Gasteiger partial charge in [-0.25, -0.2) is 4.98 Å². The fourth-order valence-corrected chi connectivity index (χ4v) is 1.70. The molecule has 0 radical (unpaired) electrons. The van der Waals surface area contributed by atoms with E-state index in [1.165, 1.54) is 5.56 Å². The Hall–Kier alpha value is -1.39. The summed E-state index contributed by atoms with van der Waals surface area (Å²) in [4.78, 5) is 9.57. The largest absolute Gasteiger partial charge is 0.345 e. The summed E-state index contributed by atoms with van der Waals surface area (Å²) >= 11 is 0. The van der Waals surface area contributed by atoms with Crippen LogP contribution in [0.5, 0.6) is 0 Å². The first-order valence-corrected chi connectivity index (χ1v) is 5.53. The van der Waals surface area contributed by atoms with E-state index >= 15 is 0 Å². The number of nitrogens with one attached hydrogen (secondary N) is 1. The van der Waals surface area contributed by atoms with Gasteiger partial charge in [0.15, 0.2) is 0 Å². The maximum Gasteiger partial charge on any atom is 0.0931 e. The van der Waals surface area contributed by atoms with Gasteiger partial charge in [0.25, 0.3) is 0 Å². The lowest BCUT2D eigenvalue weighted by atomic mass is 10.1. The van der Waals surface area contributed by atoms with E-state index in [1.807, 2.05) is 6.07 Å². The van der Waals surface area contributed by atoms with Crippen LogP contribution in [0.3, 0.4) is 0 Å². The number of aromatic amines is 1. The highest BCUT2D eigenvalue weighted by Crippen LogP contribution is 2.13. The third kappa shape index (κ3) is 2.23. The summed E-state index contributed by atoms with van der Waals surface area (Å²) in [6, 6.07) is 6.70. The SMILES string of the molecule is CC(CN)N(C)Cc1ccc2nc[nH]c2c1. The molecule has 2 rings (SSSR count). The lowest BCUT2D eigenvalue weighted by molar-refractivity contribution is 0.255. The molecule has 0 saturated heterocycles. The minimum absolute atomic E-state index is 0.400. The van der Waals surface area contributed by atoms with Gasteiger partial charge in [-0.1, -0.05) is 6.07 Å². The number of nitrogens with zero attached hydrogens (tertiary/aromatic N) is 2. The Kier molecular flexibility index (Phi) is 3.22. The first-order valence-electron chi connectivity index (χ1n) is 5.53. The van der Waals surface area contributed by atoms with Crippen molar-refractivity contribution in [3.05, 3.63) is 30.1 Å². The average molecular weight is 218 g/mol. The topological polar surface area (TPSA) is 57.9 Å². The molecule has 4 heteroatoms. The second-order valence-corrected chi connectivity index (χ2v) is 4.25. The zero-order chi connectivity index (χ0) is 11.5. The molecular weight excluding hydrogens is 200 g/mol. The molecule has 86 valence electrons. The Morgan fingerprint density at radius 1 is 1.50 bits per heavy atom. The Balaban J connectivity index is 2.14. The van der Waals surface area contributed by atoms with Crippen LogP contribution in [0.4, 0.5) is 0 Å². The number of H-pyrrole nitrogens is 1. The number of rotatable bonds is 4. The summed E-state index contributed by atoms with van der Waals surface area (Å²) in [7, 11) is 2.09.